The van der Waals surface area contributed by atoms with Crippen LogP contribution >= 0.6 is 0 Å². The zero-order valence-electron chi connectivity index (χ0n) is 23.6. The normalized spacial score (nSPS) is 22.3. The molecule has 0 radical (unpaired) electrons. The van der Waals surface area contributed by atoms with Crippen molar-refractivity contribution in [2.24, 2.45) is 0 Å². The van der Waals surface area contributed by atoms with Gasteiger partial charge >= 0.3 is 17.9 Å². The van der Waals surface area contributed by atoms with Gasteiger partial charge in [0.05, 0.1) is 11.2 Å². The van der Waals surface area contributed by atoms with Crippen molar-refractivity contribution >= 4 is 28.9 Å². The summed E-state index contributed by atoms with van der Waals surface area (Å²) in [5.74, 6) is 0.309. The lowest BCUT2D eigenvalue weighted by Crippen LogP contribution is -2.62. The van der Waals surface area contributed by atoms with E-state index in [1.54, 1.807) is 26.0 Å². The molecule has 0 unspecified atom stereocenters. The van der Waals surface area contributed by atoms with Crippen LogP contribution in [-0.2, 0) is 30.3 Å². The number of rotatable bonds is 7. The molecule has 3 heterocycles. The van der Waals surface area contributed by atoms with Gasteiger partial charge in [-0.25, -0.2) is 14.4 Å². The summed E-state index contributed by atoms with van der Waals surface area (Å²) in [5.41, 5.74) is 0.407. The molecule has 1 amide bonds. The lowest BCUT2D eigenvalue weighted by molar-refractivity contribution is -0.282. The Morgan fingerprint density at radius 2 is 1.63 bits per heavy atom. The molecule has 43 heavy (non-hydrogen) atoms. The Morgan fingerprint density at radius 3 is 2.35 bits per heavy atom. The van der Waals surface area contributed by atoms with Crippen molar-refractivity contribution in [3.8, 4) is 16.9 Å². The molecule has 0 saturated carbocycles. The molecule has 2 aliphatic rings. The van der Waals surface area contributed by atoms with Crippen LogP contribution in [0.2, 0.25) is 0 Å². The summed E-state index contributed by atoms with van der Waals surface area (Å²) in [6, 6.07) is 23.2. The Morgan fingerprint density at radius 1 is 0.930 bits per heavy atom. The molecular weight excluding hydrogens is 558 g/mol. The van der Waals surface area contributed by atoms with E-state index < -0.39 is 48.1 Å². The van der Waals surface area contributed by atoms with Crippen molar-refractivity contribution in [1.29, 1.82) is 0 Å². The lowest BCUT2D eigenvalue weighted by Gasteiger charge is -2.45. The second-order valence-electron chi connectivity index (χ2n) is 10.6. The molecule has 0 aliphatic carbocycles. The van der Waals surface area contributed by atoms with Gasteiger partial charge in [-0.05, 0) is 43.2 Å². The van der Waals surface area contributed by atoms with E-state index >= 15 is 0 Å². The molecule has 1 N–H and O–H groups in total. The Hall–Kier alpha value is -4.87. The number of methoxy groups -OCH3 is 1. The average Bonchev–Trinajstić information content (AvgIpc) is 3.38. The van der Waals surface area contributed by atoms with Crippen molar-refractivity contribution in [2.45, 2.75) is 50.7 Å². The van der Waals surface area contributed by atoms with E-state index in [9.17, 15) is 14.4 Å². The number of hydrogen-bond acceptors (Lipinski definition) is 10. The Kier molecular flexibility index (Phi) is 7.51. The number of ether oxygens (including phenoxy) is 6. The van der Waals surface area contributed by atoms with Gasteiger partial charge in [0.15, 0.2) is 6.10 Å². The second-order valence-corrected chi connectivity index (χ2v) is 10.6. The number of anilines is 1. The highest BCUT2D eigenvalue weighted by molar-refractivity contribution is 5.97. The van der Waals surface area contributed by atoms with E-state index in [0.717, 1.165) is 5.56 Å². The molecule has 2 fully saturated rings. The predicted molar refractivity (Wildman–Crippen MR) is 154 cm³/mol. The molecule has 2 saturated heterocycles. The monoisotopic (exact) mass is 587 g/mol. The maximum Gasteiger partial charge on any atom is 0.509 e. The molecule has 11 nitrogen and oxygen atoms in total. The van der Waals surface area contributed by atoms with Crippen molar-refractivity contribution in [2.75, 3.05) is 12.4 Å². The number of hydrogen-bond donors (Lipinski definition) is 1. The highest BCUT2D eigenvalue weighted by Gasteiger charge is 2.59. The van der Waals surface area contributed by atoms with Gasteiger partial charge in [-0.1, -0.05) is 60.7 Å². The smallest absolute Gasteiger partial charge is 0.460 e. The van der Waals surface area contributed by atoms with E-state index in [-0.39, 0.29) is 17.9 Å². The zero-order chi connectivity index (χ0) is 30.1. The number of carbonyl (C=O) groups excluding carboxylic acids is 2. The topological polar surface area (TPSA) is 132 Å². The summed E-state index contributed by atoms with van der Waals surface area (Å²) in [7, 11) is 1.51. The molecule has 6 rings (SSSR count). The molecule has 0 bridgehead atoms. The van der Waals surface area contributed by atoms with Crippen LogP contribution in [0.5, 0.6) is 5.75 Å². The van der Waals surface area contributed by atoms with E-state index in [4.69, 9.17) is 32.8 Å². The van der Waals surface area contributed by atoms with Crippen LogP contribution in [0.4, 0.5) is 15.3 Å². The third kappa shape index (κ3) is 5.64. The first-order chi connectivity index (χ1) is 20.7. The fraction of sp³-hybridized carbons (Fsp3) is 0.281. The third-order valence-electron chi connectivity index (χ3n) is 7.33. The minimum absolute atomic E-state index is 0.0395. The van der Waals surface area contributed by atoms with Gasteiger partial charge in [0.2, 0.25) is 12.4 Å². The van der Waals surface area contributed by atoms with Gasteiger partial charge in [0.25, 0.3) is 0 Å². The standard InChI is InChI=1S/C32H29NO10/c1-32(2)27(37-3)25-26(42-31(36)41-25)29(43-32)39-22-15-14-20-16-21(33-30(35)38-17-18-10-6-4-7-11-18)28(34)40-24(20)23(22)19-12-8-5-9-13-19/h4-16,25-27,29H,17H2,1-3H3,(H,33,35)/t25-,26+,27+,29+/m0/s1. The van der Waals surface area contributed by atoms with Crippen LogP contribution in [0, 0.1) is 0 Å². The largest absolute Gasteiger partial charge is 0.509 e. The van der Waals surface area contributed by atoms with Crippen LogP contribution in [0.25, 0.3) is 22.1 Å². The second kappa shape index (κ2) is 11.4. The van der Waals surface area contributed by atoms with Crippen LogP contribution in [0.3, 0.4) is 0 Å². The maximum atomic E-state index is 13.1. The number of nitrogens with one attached hydrogen (secondary N) is 1. The van der Waals surface area contributed by atoms with Gasteiger partial charge in [0.1, 0.15) is 29.7 Å². The number of fused-ring (bicyclic) bond motifs is 2. The van der Waals surface area contributed by atoms with Crippen LogP contribution in [0.15, 0.2) is 88.1 Å². The highest BCUT2D eigenvalue weighted by Crippen LogP contribution is 2.42. The van der Waals surface area contributed by atoms with Gasteiger partial charge in [-0.15, -0.1) is 0 Å². The summed E-state index contributed by atoms with van der Waals surface area (Å²) in [6.07, 6.45) is -4.98. The quantitative estimate of drug-likeness (QED) is 0.214. The van der Waals surface area contributed by atoms with Gasteiger partial charge in [-0.3, -0.25) is 5.32 Å². The number of carbonyl (C=O) groups is 2. The molecule has 11 heteroatoms. The first kappa shape index (κ1) is 28.3. The Bertz CT molecular complexity index is 1700. The van der Waals surface area contributed by atoms with Crippen molar-refractivity contribution < 1.29 is 42.4 Å². The maximum absolute atomic E-state index is 13.1. The minimum atomic E-state index is -1.06. The van der Waals surface area contributed by atoms with Crippen molar-refractivity contribution in [3.63, 3.8) is 0 Å². The van der Waals surface area contributed by atoms with Gasteiger partial charge in [0, 0.05) is 12.5 Å². The zero-order valence-corrected chi connectivity index (χ0v) is 23.6. The Balaban J connectivity index is 1.33. The average molecular weight is 588 g/mol. The minimum Gasteiger partial charge on any atom is -0.460 e. The Labute approximate surface area is 246 Å². The summed E-state index contributed by atoms with van der Waals surface area (Å²) in [6.45, 7) is 3.64. The van der Waals surface area contributed by atoms with Crippen molar-refractivity contribution in [3.05, 3.63) is 94.8 Å². The van der Waals surface area contributed by atoms with Gasteiger partial charge in [-0.2, -0.15) is 0 Å². The summed E-state index contributed by atoms with van der Waals surface area (Å²) < 4.78 is 40.0. The van der Waals surface area contributed by atoms with Crippen molar-refractivity contribution in [1.82, 2.24) is 0 Å². The molecule has 0 spiro atoms. The van der Waals surface area contributed by atoms with Gasteiger partial charge < -0.3 is 32.8 Å². The summed E-state index contributed by atoms with van der Waals surface area (Å²) in [5, 5.41) is 2.98. The summed E-state index contributed by atoms with van der Waals surface area (Å²) >= 11 is 0. The molecule has 3 aromatic carbocycles. The fourth-order valence-corrected chi connectivity index (χ4v) is 5.39. The van der Waals surface area contributed by atoms with Crippen LogP contribution in [0.1, 0.15) is 19.4 Å². The van der Waals surface area contributed by atoms with E-state index in [1.807, 2.05) is 60.7 Å². The van der Waals surface area contributed by atoms with E-state index in [1.165, 1.54) is 13.2 Å². The summed E-state index contributed by atoms with van der Waals surface area (Å²) in [4.78, 5) is 37.6. The predicted octanol–water partition coefficient (Wildman–Crippen LogP) is 5.64. The third-order valence-corrected chi connectivity index (χ3v) is 7.33. The van der Waals surface area contributed by atoms with Crippen LogP contribution < -0.4 is 15.7 Å². The molecular formula is C32H29NO10. The number of amides is 1. The first-order valence-corrected chi connectivity index (χ1v) is 13.6. The molecule has 4 aromatic rings. The molecule has 2 aliphatic heterocycles. The highest BCUT2D eigenvalue weighted by atomic mass is 16.8. The number of benzene rings is 3. The molecule has 222 valence electrons. The van der Waals surface area contributed by atoms with Crippen LogP contribution in [-0.4, -0.2) is 49.6 Å². The first-order valence-electron chi connectivity index (χ1n) is 13.6. The van der Waals surface area contributed by atoms with E-state index in [2.05, 4.69) is 5.32 Å². The SMILES string of the molecule is CO[C@@H]1[C@H]2OC(=O)O[C@H]2[C@H](Oc2ccc3cc(NC(=O)OCc4ccccc4)c(=O)oc3c2-c2ccccc2)OC1(C)C. The molecule has 1 aromatic heterocycles. The fourth-order valence-electron chi connectivity index (χ4n) is 5.39. The van der Waals surface area contributed by atoms with E-state index in [0.29, 0.717) is 22.3 Å². The lowest BCUT2D eigenvalue weighted by atomic mass is 9.89. The molecule has 4 atom stereocenters.